The number of hydrogen-bond donors (Lipinski definition) is 1. The first-order valence-electron chi connectivity index (χ1n) is 7.20. The molecule has 1 fully saturated rings. The molecule has 120 valence electrons. The minimum atomic E-state index is 0. The summed E-state index contributed by atoms with van der Waals surface area (Å²) in [6.07, 6.45) is 2.57. The summed E-state index contributed by atoms with van der Waals surface area (Å²) in [5.41, 5.74) is 3.00. The fourth-order valence-corrected chi connectivity index (χ4v) is 3.17. The van der Waals surface area contributed by atoms with E-state index in [-0.39, 0.29) is 24.0 Å². The van der Waals surface area contributed by atoms with Crippen LogP contribution in [0, 0.1) is 6.92 Å². The number of rotatable bonds is 4. The summed E-state index contributed by atoms with van der Waals surface area (Å²) in [5, 5.41) is 3.43. The van der Waals surface area contributed by atoms with Crippen molar-refractivity contribution in [3.63, 3.8) is 0 Å². The highest BCUT2D eigenvalue weighted by molar-refractivity contribution is 14.0. The molecule has 1 saturated heterocycles. The van der Waals surface area contributed by atoms with Gasteiger partial charge in [0, 0.05) is 31.6 Å². The number of nitrogens with zero attached hydrogens (tertiary/aromatic N) is 3. The first-order valence-corrected chi connectivity index (χ1v) is 8.08. The van der Waals surface area contributed by atoms with Crippen molar-refractivity contribution in [3.8, 4) is 0 Å². The molecule has 0 aliphatic carbocycles. The van der Waals surface area contributed by atoms with Gasteiger partial charge in [0.15, 0.2) is 5.96 Å². The first-order chi connectivity index (χ1) is 9.74. The Balaban J connectivity index is 0.00000220. The lowest BCUT2D eigenvalue weighted by Crippen LogP contribution is -2.46. The number of aryl methyl sites for hydroxylation is 1. The van der Waals surface area contributed by atoms with Crippen molar-refractivity contribution in [2.45, 2.75) is 39.3 Å². The number of aliphatic imine (C=N–C) groups is 1. The van der Waals surface area contributed by atoms with Crippen LogP contribution in [0.2, 0.25) is 0 Å². The lowest BCUT2D eigenvalue weighted by atomic mass is 10.1. The molecule has 1 aliphatic heterocycles. The second-order valence-corrected chi connectivity index (χ2v) is 5.84. The molecular weight excluding hydrogens is 399 g/mol. The van der Waals surface area contributed by atoms with Gasteiger partial charge in [-0.05, 0) is 26.7 Å². The molecule has 1 aliphatic rings. The molecule has 0 atom stereocenters. The van der Waals surface area contributed by atoms with E-state index in [1.807, 2.05) is 19.5 Å². The molecule has 0 bridgehead atoms. The molecule has 21 heavy (non-hydrogen) atoms. The number of nitrogens with one attached hydrogen (secondary N) is 1. The van der Waals surface area contributed by atoms with E-state index >= 15 is 0 Å². The molecule has 5 nitrogen and oxygen atoms in total. The Morgan fingerprint density at radius 2 is 2.24 bits per heavy atom. The molecule has 0 unspecified atom stereocenters. The van der Waals surface area contributed by atoms with Crippen LogP contribution in [-0.2, 0) is 11.3 Å². The highest BCUT2D eigenvalue weighted by Gasteiger charge is 2.21. The maximum Gasteiger partial charge on any atom is 0.193 e. The van der Waals surface area contributed by atoms with Gasteiger partial charge in [0.2, 0.25) is 0 Å². The van der Waals surface area contributed by atoms with Gasteiger partial charge in [0.1, 0.15) is 0 Å². The summed E-state index contributed by atoms with van der Waals surface area (Å²) in [6.45, 7) is 7.73. The second-order valence-electron chi connectivity index (χ2n) is 4.90. The molecule has 7 heteroatoms. The Bertz CT molecular complexity index is 444. The Hall–Kier alpha value is -0.410. The number of guanidine groups is 1. The quantitative estimate of drug-likeness (QED) is 0.459. The van der Waals surface area contributed by atoms with Gasteiger partial charge in [-0.1, -0.05) is 0 Å². The molecular formula is C14H25IN4OS. The van der Waals surface area contributed by atoms with Gasteiger partial charge in [-0.3, -0.25) is 4.99 Å². The van der Waals surface area contributed by atoms with E-state index in [4.69, 9.17) is 4.74 Å². The van der Waals surface area contributed by atoms with Crippen LogP contribution in [0.4, 0.5) is 0 Å². The number of thiazole rings is 1. The van der Waals surface area contributed by atoms with Crippen LogP contribution >= 0.6 is 35.3 Å². The fourth-order valence-electron chi connectivity index (χ4n) is 2.46. The van der Waals surface area contributed by atoms with E-state index in [9.17, 15) is 0 Å². The van der Waals surface area contributed by atoms with Gasteiger partial charge in [-0.15, -0.1) is 35.3 Å². The van der Waals surface area contributed by atoms with Gasteiger partial charge >= 0.3 is 0 Å². The summed E-state index contributed by atoms with van der Waals surface area (Å²) in [4.78, 5) is 12.2. The lowest BCUT2D eigenvalue weighted by molar-refractivity contribution is 0.0263. The van der Waals surface area contributed by atoms with Gasteiger partial charge in [-0.25, -0.2) is 4.98 Å². The minimum absolute atomic E-state index is 0. The standard InChI is InChI=1S/C14H24N4OS.HI/c1-4-19-12-5-7-18(8-6-12)14(15-3)16-9-13-11(2)17-10-20-13;/h10,12H,4-9H2,1-3H3,(H,15,16);1H. The first kappa shape index (κ1) is 18.6. The van der Waals surface area contributed by atoms with Crippen LogP contribution in [0.15, 0.2) is 10.5 Å². The van der Waals surface area contributed by atoms with Crippen LogP contribution in [0.5, 0.6) is 0 Å². The number of ether oxygens (including phenoxy) is 1. The lowest BCUT2D eigenvalue weighted by Gasteiger charge is -2.34. The maximum atomic E-state index is 5.69. The zero-order valence-corrected chi connectivity index (χ0v) is 16.1. The predicted octanol–water partition coefficient (Wildman–Crippen LogP) is 2.65. The number of aromatic nitrogens is 1. The van der Waals surface area contributed by atoms with Crippen molar-refractivity contribution in [3.05, 3.63) is 16.1 Å². The van der Waals surface area contributed by atoms with Gasteiger partial charge < -0.3 is 15.0 Å². The Morgan fingerprint density at radius 1 is 1.52 bits per heavy atom. The molecule has 0 aromatic carbocycles. The van der Waals surface area contributed by atoms with Crippen LogP contribution in [0.1, 0.15) is 30.3 Å². The highest BCUT2D eigenvalue weighted by atomic mass is 127. The molecule has 1 aromatic rings. The highest BCUT2D eigenvalue weighted by Crippen LogP contribution is 2.15. The molecule has 0 amide bonds. The monoisotopic (exact) mass is 424 g/mol. The molecule has 0 radical (unpaired) electrons. The molecule has 2 heterocycles. The third kappa shape index (κ3) is 5.37. The molecule has 0 saturated carbocycles. The average molecular weight is 424 g/mol. The van der Waals surface area contributed by atoms with Crippen LogP contribution in [-0.4, -0.2) is 48.7 Å². The number of likely N-dealkylation sites (tertiary alicyclic amines) is 1. The number of piperidine rings is 1. The van der Waals surface area contributed by atoms with E-state index in [1.54, 1.807) is 11.3 Å². The molecule has 1 N–H and O–H groups in total. The largest absolute Gasteiger partial charge is 0.378 e. The zero-order valence-electron chi connectivity index (χ0n) is 13.0. The third-order valence-electron chi connectivity index (χ3n) is 3.61. The van der Waals surface area contributed by atoms with Gasteiger partial charge in [0.25, 0.3) is 0 Å². The van der Waals surface area contributed by atoms with Crippen molar-refractivity contribution in [2.24, 2.45) is 4.99 Å². The molecule has 2 rings (SSSR count). The molecule has 0 spiro atoms. The summed E-state index contributed by atoms with van der Waals surface area (Å²) in [5.74, 6) is 0.979. The van der Waals surface area contributed by atoms with Crippen molar-refractivity contribution in [2.75, 3.05) is 26.7 Å². The van der Waals surface area contributed by atoms with Crippen molar-refractivity contribution in [1.82, 2.24) is 15.2 Å². The number of halogens is 1. The van der Waals surface area contributed by atoms with E-state index in [0.29, 0.717) is 6.10 Å². The second kappa shape index (κ2) is 9.58. The van der Waals surface area contributed by atoms with Gasteiger partial charge in [-0.2, -0.15) is 0 Å². The average Bonchev–Trinajstić information content (AvgIpc) is 2.87. The summed E-state index contributed by atoms with van der Waals surface area (Å²) < 4.78 is 5.69. The van der Waals surface area contributed by atoms with Crippen molar-refractivity contribution in [1.29, 1.82) is 0 Å². The molecule has 1 aromatic heterocycles. The maximum absolute atomic E-state index is 5.69. The van der Waals surface area contributed by atoms with Gasteiger partial charge in [0.05, 0.1) is 23.9 Å². The normalized spacial score (nSPS) is 16.7. The predicted molar refractivity (Wildman–Crippen MR) is 98.7 cm³/mol. The SMILES string of the molecule is CCOC1CCN(C(=NC)NCc2scnc2C)CC1.I. The number of hydrogen-bond acceptors (Lipinski definition) is 4. The van der Waals surface area contributed by atoms with E-state index in [2.05, 4.69) is 27.1 Å². The Morgan fingerprint density at radius 3 is 2.76 bits per heavy atom. The van der Waals surface area contributed by atoms with E-state index in [1.165, 1.54) is 4.88 Å². The Labute approximate surface area is 148 Å². The zero-order chi connectivity index (χ0) is 14.4. The minimum Gasteiger partial charge on any atom is -0.378 e. The summed E-state index contributed by atoms with van der Waals surface area (Å²) >= 11 is 1.69. The smallest absolute Gasteiger partial charge is 0.193 e. The van der Waals surface area contributed by atoms with Crippen LogP contribution in [0.3, 0.4) is 0 Å². The fraction of sp³-hybridized carbons (Fsp3) is 0.714. The summed E-state index contributed by atoms with van der Waals surface area (Å²) in [6, 6.07) is 0. The Kier molecular flexibility index (Phi) is 8.50. The van der Waals surface area contributed by atoms with Crippen molar-refractivity contribution < 1.29 is 4.74 Å². The van der Waals surface area contributed by atoms with E-state index in [0.717, 1.165) is 50.7 Å². The van der Waals surface area contributed by atoms with E-state index < -0.39 is 0 Å². The third-order valence-corrected chi connectivity index (χ3v) is 4.54. The topological polar surface area (TPSA) is 49.8 Å². The summed E-state index contributed by atoms with van der Waals surface area (Å²) in [7, 11) is 1.84. The van der Waals surface area contributed by atoms with Crippen LogP contribution < -0.4 is 5.32 Å². The van der Waals surface area contributed by atoms with Crippen molar-refractivity contribution >= 4 is 41.3 Å². The van der Waals surface area contributed by atoms with Crippen LogP contribution in [0.25, 0.3) is 0 Å².